The normalized spacial score (nSPS) is 13.1. The number of nitrogens with one attached hydrogen (secondary N) is 1. The predicted molar refractivity (Wildman–Crippen MR) is 77.9 cm³/mol. The number of aromatic nitrogens is 1. The fraction of sp³-hybridized carbons (Fsp3) is 0.438. The molecule has 0 spiro atoms. The molecule has 2 heteroatoms. The van der Waals surface area contributed by atoms with Crippen LogP contribution >= 0.6 is 0 Å². The van der Waals surface area contributed by atoms with Crippen LogP contribution in [0.5, 0.6) is 0 Å². The Hall–Kier alpha value is -1.41. The first-order chi connectivity index (χ1) is 8.68. The molecule has 1 N–H and O–H groups in total. The Kier molecular flexibility index (Phi) is 4.32. The van der Waals surface area contributed by atoms with Gasteiger partial charge in [-0.15, -0.1) is 0 Å². The van der Waals surface area contributed by atoms with Gasteiger partial charge in [0.1, 0.15) is 0 Å². The van der Waals surface area contributed by atoms with Crippen molar-refractivity contribution < 1.29 is 0 Å². The second-order valence-corrected chi connectivity index (χ2v) is 5.22. The minimum Gasteiger partial charge on any atom is -0.315 e. The van der Waals surface area contributed by atoms with Crippen LogP contribution in [-0.4, -0.2) is 17.6 Å². The van der Waals surface area contributed by atoms with Crippen molar-refractivity contribution in [2.24, 2.45) is 0 Å². The molecule has 0 amide bonds. The zero-order valence-electron chi connectivity index (χ0n) is 11.5. The van der Waals surface area contributed by atoms with E-state index in [9.17, 15) is 0 Å². The number of fused-ring (bicyclic) bond motifs is 1. The zero-order chi connectivity index (χ0) is 13.0. The quantitative estimate of drug-likeness (QED) is 0.864. The van der Waals surface area contributed by atoms with Crippen LogP contribution in [0.1, 0.15) is 38.7 Å². The molecule has 0 radical (unpaired) electrons. The molecular formula is C16H22N2. The molecule has 96 valence electrons. The highest BCUT2D eigenvalue weighted by Crippen LogP contribution is 2.26. The van der Waals surface area contributed by atoms with Crippen LogP contribution in [0.4, 0.5) is 0 Å². The van der Waals surface area contributed by atoms with E-state index in [-0.39, 0.29) is 0 Å². The zero-order valence-corrected chi connectivity index (χ0v) is 11.5. The summed E-state index contributed by atoms with van der Waals surface area (Å²) in [5.74, 6) is 0.559. The molecule has 2 rings (SSSR count). The van der Waals surface area contributed by atoms with Crippen molar-refractivity contribution in [3.05, 3.63) is 42.1 Å². The molecular weight excluding hydrogens is 220 g/mol. The van der Waals surface area contributed by atoms with Crippen LogP contribution < -0.4 is 5.32 Å². The number of hydrogen-bond donors (Lipinski definition) is 1. The van der Waals surface area contributed by atoms with E-state index in [4.69, 9.17) is 0 Å². The molecule has 1 aromatic heterocycles. The molecule has 2 aromatic rings. The van der Waals surface area contributed by atoms with E-state index in [0.717, 1.165) is 18.5 Å². The minimum atomic E-state index is 0.559. The van der Waals surface area contributed by atoms with Gasteiger partial charge in [0.2, 0.25) is 0 Å². The maximum absolute atomic E-state index is 4.42. The molecule has 0 aliphatic rings. The standard InChI is InChI=1S/C16H22N2/c1-12(2)17-11-9-13(3)14-6-4-8-16-15(14)7-5-10-18-16/h4-8,10,12-13,17H,9,11H2,1-3H3. The molecule has 1 heterocycles. The Morgan fingerprint density at radius 2 is 1.94 bits per heavy atom. The van der Waals surface area contributed by atoms with Crippen LogP contribution in [0.25, 0.3) is 10.9 Å². The maximum Gasteiger partial charge on any atom is 0.0704 e. The van der Waals surface area contributed by atoms with E-state index in [1.54, 1.807) is 0 Å². The highest BCUT2D eigenvalue weighted by atomic mass is 14.9. The lowest BCUT2D eigenvalue weighted by Crippen LogP contribution is -2.24. The van der Waals surface area contributed by atoms with Crippen molar-refractivity contribution in [2.45, 2.75) is 39.2 Å². The van der Waals surface area contributed by atoms with Gasteiger partial charge in [-0.2, -0.15) is 0 Å². The average Bonchev–Trinajstić information content (AvgIpc) is 2.37. The van der Waals surface area contributed by atoms with E-state index in [2.05, 4.69) is 55.3 Å². The topological polar surface area (TPSA) is 24.9 Å². The molecule has 2 nitrogen and oxygen atoms in total. The molecule has 0 saturated heterocycles. The molecule has 0 aliphatic heterocycles. The van der Waals surface area contributed by atoms with Crippen LogP contribution in [0, 0.1) is 0 Å². The molecule has 1 unspecified atom stereocenters. The third kappa shape index (κ3) is 3.08. The van der Waals surface area contributed by atoms with Crippen molar-refractivity contribution >= 4 is 10.9 Å². The summed E-state index contributed by atoms with van der Waals surface area (Å²) in [6.45, 7) is 7.73. The number of nitrogens with zero attached hydrogens (tertiary/aromatic N) is 1. The van der Waals surface area contributed by atoms with Crippen molar-refractivity contribution in [1.29, 1.82) is 0 Å². The van der Waals surface area contributed by atoms with Gasteiger partial charge in [0.25, 0.3) is 0 Å². The SMILES string of the molecule is CC(C)NCCC(C)c1cccc2ncccc12. The average molecular weight is 242 g/mol. The van der Waals surface area contributed by atoms with E-state index in [1.165, 1.54) is 10.9 Å². The second-order valence-electron chi connectivity index (χ2n) is 5.22. The third-order valence-electron chi connectivity index (χ3n) is 3.34. The predicted octanol–water partition coefficient (Wildman–Crippen LogP) is 3.73. The highest BCUT2D eigenvalue weighted by Gasteiger charge is 2.09. The molecule has 0 bridgehead atoms. The van der Waals surface area contributed by atoms with Gasteiger partial charge in [0.15, 0.2) is 0 Å². The largest absolute Gasteiger partial charge is 0.315 e. The number of benzene rings is 1. The Balaban J connectivity index is 2.15. The van der Waals surface area contributed by atoms with Gasteiger partial charge in [0, 0.05) is 17.6 Å². The van der Waals surface area contributed by atoms with Crippen LogP contribution in [0.3, 0.4) is 0 Å². The molecule has 18 heavy (non-hydrogen) atoms. The molecule has 0 aliphatic carbocycles. The molecule has 0 saturated carbocycles. The van der Waals surface area contributed by atoms with Gasteiger partial charge >= 0.3 is 0 Å². The van der Waals surface area contributed by atoms with Gasteiger partial charge < -0.3 is 5.32 Å². The summed E-state index contributed by atoms with van der Waals surface area (Å²) >= 11 is 0. The second kappa shape index (κ2) is 5.96. The van der Waals surface area contributed by atoms with Gasteiger partial charge in [-0.3, -0.25) is 4.98 Å². The summed E-state index contributed by atoms with van der Waals surface area (Å²) < 4.78 is 0. The Bertz CT molecular complexity index is 500. The minimum absolute atomic E-state index is 0.559. The van der Waals surface area contributed by atoms with Gasteiger partial charge in [-0.05, 0) is 36.6 Å². The summed E-state index contributed by atoms with van der Waals surface area (Å²) in [7, 11) is 0. The summed E-state index contributed by atoms with van der Waals surface area (Å²) in [6, 6.07) is 11.2. The number of rotatable bonds is 5. The maximum atomic E-state index is 4.42. The third-order valence-corrected chi connectivity index (χ3v) is 3.34. The summed E-state index contributed by atoms with van der Waals surface area (Å²) in [5.41, 5.74) is 2.50. The van der Waals surface area contributed by atoms with E-state index in [1.807, 2.05) is 12.3 Å². The number of hydrogen-bond acceptors (Lipinski definition) is 2. The van der Waals surface area contributed by atoms with Crippen molar-refractivity contribution in [2.75, 3.05) is 6.54 Å². The Morgan fingerprint density at radius 3 is 2.72 bits per heavy atom. The van der Waals surface area contributed by atoms with Crippen LogP contribution in [-0.2, 0) is 0 Å². The summed E-state index contributed by atoms with van der Waals surface area (Å²) in [4.78, 5) is 4.42. The van der Waals surface area contributed by atoms with Gasteiger partial charge in [0.05, 0.1) is 5.52 Å². The fourth-order valence-electron chi connectivity index (χ4n) is 2.30. The highest BCUT2D eigenvalue weighted by molar-refractivity contribution is 5.82. The molecule has 1 aromatic carbocycles. The van der Waals surface area contributed by atoms with E-state index >= 15 is 0 Å². The summed E-state index contributed by atoms with van der Waals surface area (Å²) in [5, 5.41) is 4.77. The van der Waals surface area contributed by atoms with Gasteiger partial charge in [-0.1, -0.05) is 39.0 Å². The lowest BCUT2D eigenvalue weighted by Gasteiger charge is -2.16. The lowest BCUT2D eigenvalue weighted by molar-refractivity contribution is 0.542. The lowest BCUT2D eigenvalue weighted by atomic mass is 9.94. The first-order valence-corrected chi connectivity index (χ1v) is 6.75. The first-order valence-electron chi connectivity index (χ1n) is 6.75. The summed E-state index contributed by atoms with van der Waals surface area (Å²) in [6.07, 6.45) is 3.02. The number of pyridine rings is 1. The van der Waals surface area contributed by atoms with Crippen molar-refractivity contribution in [3.63, 3.8) is 0 Å². The first kappa shape index (κ1) is 13.0. The van der Waals surface area contributed by atoms with Crippen molar-refractivity contribution in [3.8, 4) is 0 Å². The van der Waals surface area contributed by atoms with E-state index < -0.39 is 0 Å². The van der Waals surface area contributed by atoms with Crippen LogP contribution in [0.15, 0.2) is 36.5 Å². The fourth-order valence-corrected chi connectivity index (χ4v) is 2.30. The Labute approximate surface area is 109 Å². The smallest absolute Gasteiger partial charge is 0.0704 e. The van der Waals surface area contributed by atoms with Gasteiger partial charge in [-0.25, -0.2) is 0 Å². The van der Waals surface area contributed by atoms with Crippen LogP contribution in [0.2, 0.25) is 0 Å². The molecule has 1 atom stereocenters. The molecule has 0 fully saturated rings. The monoisotopic (exact) mass is 242 g/mol. The Morgan fingerprint density at radius 1 is 1.11 bits per heavy atom. The van der Waals surface area contributed by atoms with Crippen molar-refractivity contribution in [1.82, 2.24) is 10.3 Å². The van der Waals surface area contributed by atoms with E-state index in [0.29, 0.717) is 12.0 Å².